The summed E-state index contributed by atoms with van der Waals surface area (Å²) in [5.74, 6) is -0.00571. The number of sulfonamides is 1. The van der Waals surface area contributed by atoms with E-state index in [0.29, 0.717) is 6.42 Å². The Morgan fingerprint density at radius 1 is 1.39 bits per heavy atom. The Hall–Kier alpha value is -1.08. The molecule has 0 spiro atoms. The fourth-order valence-electron chi connectivity index (χ4n) is 1.21. The lowest BCUT2D eigenvalue weighted by atomic mass is 10.3. The Morgan fingerprint density at radius 2 is 2.11 bits per heavy atom. The standard InChI is InChI=1S/C10H12ClF2NO3S/c11-5-2-6-18(15,16)14-8-3-1-4-9(7-8)17-10(12)13/h1,3-4,7,10,14H,2,5-6H2. The first kappa shape index (κ1) is 15.0. The maximum atomic E-state index is 12.0. The molecule has 0 unspecified atom stereocenters. The molecule has 0 aliphatic carbocycles. The zero-order valence-corrected chi connectivity index (χ0v) is 10.8. The smallest absolute Gasteiger partial charge is 0.387 e. The summed E-state index contributed by atoms with van der Waals surface area (Å²) in [5.41, 5.74) is 0.169. The van der Waals surface area contributed by atoms with Gasteiger partial charge in [0.2, 0.25) is 10.0 Å². The molecule has 0 heterocycles. The molecule has 1 aromatic carbocycles. The molecule has 1 N–H and O–H groups in total. The molecular weight excluding hydrogens is 288 g/mol. The highest BCUT2D eigenvalue weighted by Gasteiger charge is 2.11. The number of anilines is 1. The third-order valence-corrected chi connectivity index (χ3v) is 3.52. The van der Waals surface area contributed by atoms with Crippen LogP contribution in [0.1, 0.15) is 6.42 Å². The van der Waals surface area contributed by atoms with Crippen LogP contribution in [0.5, 0.6) is 5.75 Å². The molecule has 0 bridgehead atoms. The summed E-state index contributed by atoms with van der Waals surface area (Å²) in [6, 6.07) is 5.35. The third kappa shape index (κ3) is 5.50. The van der Waals surface area contributed by atoms with Crippen molar-refractivity contribution in [2.24, 2.45) is 0 Å². The van der Waals surface area contributed by atoms with E-state index in [9.17, 15) is 17.2 Å². The van der Waals surface area contributed by atoms with Crippen molar-refractivity contribution < 1.29 is 21.9 Å². The van der Waals surface area contributed by atoms with Crippen LogP contribution in [0.3, 0.4) is 0 Å². The number of rotatable bonds is 7. The Kier molecular flexibility index (Phi) is 5.61. The number of hydrogen-bond acceptors (Lipinski definition) is 3. The van der Waals surface area contributed by atoms with Gasteiger partial charge >= 0.3 is 6.61 Å². The van der Waals surface area contributed by atoms with E-state index in [0.717, 1.165) is 0 Å². The lowest BCUT2D eigenvalue weighted by Crippen LogP contribution is -2.17. The van der Waals surface area contributed by atoms with Gasteiger partial charge < -0.3 is 4.74 Å². The lowest BCUT2D eigenvalue weighted by Gasteiger charge is -2.09. The molecule has 0 aromatic heterocycles. The molecule has 1 rings (SSSR count). The molecule has 18 heavy (non-hydrogen) atoms. The Labute approximate surface area is 109 Å². The molecule has 0 atom stereocenters. The van der Waals surface area contributed by atoms with Gasteiger partial charge in [0.25, 0.3) is 0 Å². The normalized spacial score (nSPS) is 11.6. The summed E-state index contributed by atoms with van der Waals surface area (Å²) in [4.78, 5) is 0. The SMILES string of the molecule is O=S(=O)(CCCCl)Nc1cccc(OC(F)F)c1. The predicted octanol–water partition coefficient (Wildman–Crippen LogP) is 2.66. The van der Waals surface area contributed by atoms with Crippen molar-refractivity contribution in [1.29, 1.82) is 0 Å². The zero-order valence-electron chi connectivity index (χ0n) is 9.27. The minimum atomic E-state index is -3.52. The van der Waals surface area contributed by atoms with Gasteiger partial charge in [0, 0.05) is 11.9 Å². The first-order valence-electron chi connectivity index (χ1n) is 5.04. The molecule has 1 aromatic rings. The van der Waals surface area contributed by atoms with Gasteiger partial charge in [-0.1, -0.05) is 6.07 Å². The van der Waals surface area contributed by atoms with Crippen LogP contribution < -0.4 is 9.46 Å². The molecule has 4 nitrogen and oxygen atoms in total. The molecule has 0 saturated heterocycles. The van der Waals surface area contributed by atoms with Crippen molar-refractivity contribution in [1.82, 2.24) is 0 Å². The summed E-state index contributed by atoms with van der Waals surface area (Å²) in [6.07, 6.45) is 0.310. The maximum absolute atomic E-state index is 12.0. The largest absolute Gasteiger partial charge is 0.435 e. The zero-order chi connectivity index (χ0) is 13.6. The highest BCUT2D eigenvalue weighted by atomic mass is 35.5. The molecular formula is C10H12ClF2NO3S. The fourth-order valence-corrected chi connectivity index (χ4v) is 2.62. The van der Waals surface area contributed by atoms with Crippen LogP contribution in [0.25, 0.3) is 0 Å². The Morgan fingerprint density at radius 3 is 2.72 bits per heavy atom. The van der Waals surface area contributed by atoms with Gasteiger partial charge in [-0.2, -0.15) is 8.78 Å². The first-order valence-corrected chi connectivity index (χ1v) is 7.23. The third-order valence-electron chi connectivity index (χ3n) is 1.88. The summed E-state index contributed by atoms with van der Waals surface area (Å²) in [7, 11) is -3.52. The van der Waals surface area contributed by atoms with Crippen molar-refractivity contribution in [3.8, 4) is 5.75 Å². The number of benzene rings is 1. The molecule has 8 heteroatoms. The van der Waals surface area contributed by atoms with Gasteiger partial charge in [0.15, 0.2) is 0 Å². The van der Waals surface area contributed by atoms with E-state index >= 15 is 0 Å². The second kappa shape index (κ2) is 6.75. The Bertz CT molecular complexity index is 482. The number of alkyl halides is 3. The van der Waals surface area contributed by atoms with Crippen molar-refractivity contribution in [3.63, 3.8) is 0 Å². The molecule has 0 radical (unpaired) electrons. The van der Waals surface area contributed by atoms with Gasteiger partial charge in [0.1, 0.15) is 5.75 Å². The molecule has 0 saturated carbocycles. The number of ether oxygens (including phenoxy) is 1. The molecule has 0 amide bonds. The van der Waals surface area contributed by atoms with Crippen LogP contribution in [0.2, 0.25) is 0 Å². The van der Waals surface area contributed by atoms with E-state index in [2.05, 4.69) is 9.46 Å². The number of hydrogen-bond donors (Lipinski definition) is 1. The van der Waals surface area contributed by atoms with Crippen molar-refractivity contribution in [3.05, 3.63) is 24.3 Å². The van der Waals surface area contributed by atoms with Gasteiger partial charge in [0.05, 0.1) is 11.4 Å². The summed E-state index contributed by atoms with van der Waals surface area (Å²) >= 11 is 5.40. The highest BCUT2D eigenvalue weighted by Crippen LogP contribution is 2.20. The molecule has 0 aliphatic heterocycles. The van der Waals surface area contributed by atoms with Crippen LogP contribution in [0.4, 0.5) is 14.5 Å². The molecule has 102 valence electrons. The van der Waals surface area contributed by atoms with Gasteiger partial charge in [-0.15, -0.1) is 11.6 Å². The monoisotopic (exact) mass is 299 g/mol. The highest BCUT2D eigenvalue weighted by molar-refractivity contribution is 7.92. The van der Waals surface area contributed by atoms with Gasteiger partial charge in [-0.25, -0.2) is 8.42 Å². The second-order valence-electron chi connectivity index (χ2n) is 3.37. The summed E-state index contributed by atoms with van der Waals surface area (Å²) in [6.45, 7) is -2.95. The van der Waals surface area contributed by atoms with E-state index in [4.69, 9.17) is 11.6 Å². The Balaban J connectivity index is 2.72. The topological polar surface area (TPSA) is 55.4 Å². The molecule has 0 fully saturated rings. The van der Waals surface area contributed by atoms with Crippen LogP contribution in [-0.4, -0.2) is 26.7 Å². The van der Waals surface area contributed by atoms with Crippen molar-refractivity contribution in [2.75, 3.05) is 16.4 Å². The molecule has 0 aliphatic rings. The quantitative estimate of drug-likeness (QED) is 0.788. The lowest BCUT2D eigenvalue weighted by molar-refractivity contribution is -0.0497. The minimum Gasteiger partial charge on any atom is -0.435 e. The number of halogens is 3. The van der Waals surface area contributed by atoms with Crippen molar-refractivity contribution in [2.45, 2.75) is 13.0 Å². The van der Waals surface area contributed by atoms with Crippen LogP contribution in [0, 0.1) is 0 Å². The van der Waals surface area contributed by atoms with Crippen LogP contribution in [-0.2, 0) is 10.0 Å². The van der Waals surface area contributed by atoms with Gasteiger partial charge in [-0.3, -0.25) is 4.72 Å². The average Bonchev–Trinajstić information content (AvgIpc) is 2.25. The maximum Gasteiger partial charge on any atom is 0.387 e. The fraction of sp³-hybridized carbons (Fsp3) is 0.400. The minimum absolute atomic E-state index is 0.109. The van der Waals surface area contributed by atoms with Crippen LogP contribution in [0.15, 0.2) is 24.3 Å². The van der Waals surface area contributed by atoms with E-state index in [1.54, 1.807) is 0 Å². The van der Waals surface area contributed by atoms with E-state index in [1.807, 2.05) is 0 Å². The van der Waals surface area contributed by atoms with Crippen LogP contribution >= 0.6 is 11.6 Å². The average molecular weight is 300 g/mol. The second-order valence-corrected chi connectivity index (χ2v) is 5.59. The summed E-state index contributed by atoms with van der Waals surface area (Å²) in [5, 5.41) is 0. The van der Waals surface area contributed by atoms with E-state index < -0.39 is 16.6 Å². The predicted molar refractivity (Wildman–Crippen MR) is 65.8 cm³/mol. The van der Waals surface area contributed by atoms with E-state index in [1.165, 1.54) is 24.3 Å². The van der Waals surface area contributed by atoms with Gasteiger partial charge in [-0.05, 0) is 18.6 Å². The van der Waals surface area contributed by atoms with Crippen molar-refractivity contribution >= 4 is 27.3 Å². The van der Waals surface area contributed by atoms with E-state index in [-0.39, 0.29) is 23.1 Å². The summed E-state index contributed by atoms with van der Waals surface area (Å²) < 4.78 is 53.4. The first-order chi connectivity index (χ1) is 8.43. The number of nitrogens with one attached hydrogen (secondary N) is 1.